The number of halogens is 6. The van der Waals surface area contributed by atoms with E-state index in [4.69, 9.17) is 0 Å². The van der Waals surface area contributed by atoms with Crippen molar-refractivity contribution in [2.24, 2.45) is 4.99 Å². The topological polar surface area (TPSA) is 48.7 Å². The number of imidazole rings is 1. The molecule has 0 aliphatic carbocycles. The lowest BCUT2D eigenvalue weighted by Crippen LogP contribution is -2.56. The molecule has 0 spiro atoms. The van der Waals surface area contributed by atoms with Gasteiger partial charge in [0, 0.05) is 45.1 Å². The molecule has 1 fully saturated rings. The number of aliphatic imine (C=N–C) groups is 1. The molecule has 1 aliphatic rings. The summed E-state index contributed by atoms with van der Waals surface area (Å²) < 4.78 is 64.9. The zero-order valence-electron chi connectivity index (χ0n) is 15.1. The zero-order valence-corrected chi connectivity index (χ0v) is 17.4. The van der Waals surface area contributed by atoms with Crippen molar-refractivity contribution in [2.45, 2.75) is 39.2 Å². The van der Waals surface area contributed by atoms with Gasteiger partial charge < -0.3 is 10.2 Å². The minimum absolute atomic E-state index is 0. The molecule has 156 valence electrons. The summed E-state index contributed by atoms with van der Waals surface area (Å²) in [5.41, 5.74) is 0. The molecule has 0 amide bonds. The van der Waals surface area contributed by atoms with Crippen LogP contribution < -0.4 is 5.32 Å². The standard InChI is InChI=1S/C15H23F5N6.HI/c1-3-21-14(23-10-12-22-4-5-26(12)13(16)17)25-8-6-24(7-9-25)11(2)15(18,19)20;/h4-5,11,13H,3,6-10H2,1-2H3,(H,21,23);1H. The Hall–Kier alpha value is -1.18. The largest absolute Gasteiger partial charge is 0.403 e. The molecule has 0 aromatic carbocycles. The molecule has 1 aromatic rings. The van der Waals surface area contributed by atoms with Crippen LogP contribution in [0.1, 0.15) is 26.2 Å². The van der Waals surface area contributed by atoms with Crippen molar-refractivity contribution in [1.82, 2.24) is 24.7 Å². The number of rotatable bonds is 5. The first-order valence-electron chi connectivity index (χ1n) is 8.38. The van der Waals surface area contributed by atoms with Crippen LogP contribution in [-0.2, 0) is 6.54 Å². The summed E-state index contributed by atoms with van der Waals surface area (Å²) >= 11 is 0. The number of guanidine groups is 1. The number of aromatic nitrogens is 2. The summed E-state index contributed by atoms with van der Waals surface area (Å²) in [6.07, 6.45) is -1.80. The molecule has 1 aliphatic heterocycles. The number of alkyl halides is 5. The fourth-order valence-electron chi connectivity index (χ4n) is 2.74. The van der Waals surface area contributed by atoms with E-state index < -0.39 is 18.8 Å². The van der Waals surface area contributed by atoms with Gasteiger partial charge in [-0.05, 0) is 13.8 Å². The third-order valence-electron chi connectivity index (χ3n) is 4.30. The normalized spacial score (nSPS) is 17.8. The van der Waals surface area contributed by atoms with E-state index in [0.29, 0.717) is 25.6 Å². The zero-order chi connectivity index (χ0) is 19.3. The maximum absolute atomic E-state index is 12.9. The van der Waals surface area contributed by atoms with Crippen molar-refractivity contribution in [3.63, 3.8) is 0 Å². The second-order valence-electron chi connectivity index (χ2n) is 5.94. The predicted molar refractivity (Wildman–Crippen MR) is 102 cm³/mol. The van der Waals surface area contributed by atoms with E-state index in [-0.39, 0.29) is 49.4 Å². The van der Waals surface area contributed by atoms with Crippen molar-refractivity contribution in [3.05, 3.63) is 18.2 Å². The maximum atomic E-state index is 12.9. The van der Waals surface area contributed by atoms with Crippen LogP contribution in [0.15, 0.2) is 17.4 Å². The van der Waals surface area contributed by atoms with Crippen LogP contribution in [0.25, 0.3) is 0 Å². The third-order valence-corrected chi connectivity index (χ3v) is 4.30. The highest BCUT2D eigenvalue weighted by molar-refractivity contribution is 14.0. The fourth-order valence-corrected chi connectivity index (χ4v) is 2.74. The lowest BCUT2D eigenvalue weighted by Gasteiger charge is -2.39. The molecule has 6 nitrogen and oxygen atoms in total. The molecule has 1 unspecified atom stereocenters. The minimum Gasteiger partial charge on any atom is -0.357 e. The average molecular weight is 510 g/mol. The lowest BCUT2D eigenvalue weighted by atomic mass is 10.2. The van der Waals surface area contributed by atoms with Gasteiger partial charge >= 0.3 is 12.7 Å². The SMILES string of the molecule is CCNC(=NCc1nccn1C(F)F)N1CCN(C(C)C(F)(F)F)CC1.I. The Balaban J connectivity index is 0.00000364. The van der Waals surface area contributed by atoms with Crippen LogP contribution in [0.4, 0.5) is 22.0 Å². The molecule has 1 aromatic heterocycles. The maximum Gasteiger partial charge on any atom is 0.403 e. The van der Waals surface area contributed by atoms with Gasteiger partial charge in [-0.2, -0.15) is 22.0 Å². The molecule has 27 heavy (non-hydrogen) atoms. The molecule has 1 saturated heterocycles. The van der Waals surface area contributed by atoms with E-state index in [2.05, 4.69) is 15.3 Å². The summed E-state index contributed by atoms with van der Waals surface area (Å²) in [4.78, 5) is 11.4. The van der Waals surface area contributed by atoms with Gasteiger partial charge in [-0.1, -0.05) is 0 Å². The Morgan fingerprint density at radius 2 is 1.89 bits per heavy atom. The van der Waals surface area contributed by atoms with Gasteiger partial charge in [0.15, 0.2) is 5.96 Å². The Morgan fingerprint density at radius 3 is 2.41 bits per heavy atom. The first kappa shape index (κ1) is 23.9. The molecule has 1 N–H and O–H groups in total. The first-order valence-corrected chi connectivity index (χ1v) is 8.38. The van der Waals surface area contributed by atoms with Crippen molar-refractivity contribution in [3.8, 4) is 0 Å². The molecule has 2 heterocycles. The number of nitrogens with zero attached hydrogens (tertiary/aromatic N) is 5. The minimum atomic E-state index is -4.26. The van der Waals surface area contributed by atoms with Crippen molar-refractivity contribution in [2.75, 3.05) is 32.7 Å². The predicted octanol–water partition coefficient (Wildman–Crippen LogP) is 2.93. The smallest absolute Gasteiger partial charge is 0.357 e. The summed E-state index contributed by atoms with van der Waals surface area (Å²) in [6.45, 7) is 2.06. The second-order valence-corrected chi connectivity index (χ2v) is 5.94. The highest BCUT2D eigenvalue weighted by atomic mass is 127. The lowest BCUT2D eigenvalue weighted by molar-refractivity contribution is -0.181. The van der Waals surface area contributed by atoms with Gasteiger partial charge in [-0.3, -0.25) is 9.47 Å². The van der Waals surface area contributed by atoms with Gasteiger partial charge in [-0.15, -0.1) is 24.0 Å². The van der Waals surface area contributed by atoms with E-state index >= 15 is 0 Å². The van der Waals surface area contributed by atoms with Crippen LogP contribution in [0.2, 0.25) is 0 Å². The fraction of sp³-hybridized carbons (Fsp3) is 0.733. The Kier molecular flexibility index (Phi) is 9.18. The summed E-state index contributed by atoms with van der Waals surface area (Å²) in [6, 6.07) is -1.50. The van der Waals surface area contributed by atoms with Crippen LogP contribution >= 0.6 is 24.0 Å². The van der Waals surface area contributed by atoms with Crippen molar-refractivity contribution < 1.29 is 22.0 Å². The van der Waals surface area contributed by atoms with Gasteiger partial charge in [0.25, 0.3) is 0 Å². The van der Waals surface area contributed by atoms with E-state index in [1.165, 1.54) is 17.3 Å². The molecular weight excluding hydrogens is 486 g/mol. The monoisotopic (exact) mass is 510 g/mol. The van der Waals surface area contributed by atoms with Gasteiger partial charge in [0.2, 0.25) is 0 Å². The summed E-state index contributed by atoms with van der Waals surface area (Å²) in [7, 11) is 0. The van der Waals surface area contributed by atoms with Gasteiger partial charge in [-0.25, -0.2) is 9.98 Å². The Morgan fingerprint density at radius 1 is 1.26 bits per heavy atom. The van der Waals surface area contributed by atoms with Crippen LogP contribution in [0, 0.1) is 0 Å². The molecule has 0 saturated carbocycles. The number of hydrogen-bond acceptors (Lipinski definition) is 3. The van der Waals surface area contributed by atoms with E-state index in [9.17, 15) is 22.0 Å². The molecule has 0 radical (unpaired) electrons. The van der Waals surface area contributed by atoms with E-state index in [1.807, 2.05) is 11.8 Å². The van der Waals surface area contributed by atoms with E-state index in [1.54, 1.807) is 0 Å². The molecule has 0 bridgehead atoms. The Labute approximate surface area is 171 Å². The molecular formula is C15H24F5IN6. The van der Waals surface area contributed by atoms with Gasteiger partial charge in [0.05, 0.1) is 0 Å². The number of piperazine rings is 1. The van der Waals surface area contributed by atoms with Gasteiger partial charge in [0.1, 0.15) is 18.4 Å². The molecule has 12 heteroatoms. The second kappa shape index (κ2) is 10.4. The Bertz CT molecular complexity index is 598. The molecule has 2 rings (SSSR count). The molecule has 1 atom stereocenters. The quantitative estimate of drug-likeness (QED) is 0.287. The highest BCUT2D eigenvalue weighted by Crippen LogP contribution is 2.25. The van der Waals surface area contributed by atoms with Crippen LogP contribution in [0.5, 0.6) is 0 Å². The number of nitrogens with one attached hydrogen (secondary N) is 1. The number of hydrogen-bond donors (Lipinski definition) is 1. The highest BCUT2D eigenvalue weighted by Gasteiger charge is 2.41. The van der Waals surface area contributed by atoms with Crippen LogP contribution in [-0.4, -0.2) is 70.3 Å². The van der Waals surface area contributed by atoms with Crippen molar-refractivity contribution in [1.29, 1.82) is 0 Å². The third kappa shape index (κ3) is 6.43. The van der Waals surface area contributed by atoms with E-state index in [0.717, 1.165) is 11.5 Å². The average Bonchev–Trinajstić information content (AvgIpc) is 3.06. The van der Waals surface area contributed by atoms with Crippen molar-refractivity contribution >= 4 is 29.9 Å². The van der Waals surface area contributed by atoms with Crippen LogP contribution in [0.3, 0.4) is 0 Å². The first-order chi connectivity index (χ1) is 12.2. The summed E-state index contributed by atoms with van der Waals surface area (Å²) in [5, 5.41) is 3.05. The summed E-state index contributed by atoms with van der Waals surface area (Å²) in [5.74, 6) is 0.607.